The first-order valence-electron chi connectivity index (χ1n) is 4.13. The molecule has 2 N–H and O–H groups in total. The summed E-state index contributed by atoms with van der Waals surface area (Å²) in [5, 5.41) is 19.3. The van der Waals surface area contributed by atoms with E-state index < -0.39 is 23.1 Å². The van der Waals surface area contributed by atoms with Crippen LogP contribution in [0.2, 0.25) is 0 Å². The van der Waals surface area contributed by atoms with Gasteiger partial charge in [-0.05, 0) is 12.3 Å². The van der Waals surface area contributed by atoms with Gasteiger partial charge in [-0.2, -0.15) is 0 Å². The summed E-state index contributed by atoms with van der Waals surface area (Å²) in [4.78, 5) is 11.0. The molecule has 78 valence electrons. The Bertz CT molecular complexity index is 190. The SMILES string of the molecule is COC(=O)[C@H](O)[C@](C)(O)C(C)(C)C. The third-order valence-electron chi connectivity index (χ3n) is 2.48. The molecule has 0 rings (SSSR count). The van der Waals surface area contributed by atoms with Crippen molar-refractivity contribution in [3.8, 4) is 0 Å². The Hall–Kier alpha value is -0.610. The van der Waals surface area contributed by atoms with Crippen molar-refractivity contribution in [2.24, 2.45) is 5.41 Å². The van der Waals surface area contributed by atoms with Crippen LogP contribution in [0.1, 0.15) is 27.7 Å². The standard InChI is InChI=1S/C9H18O4/c1-8(2,3)9(4,12)6(10)7(11)13-5/h6,10,12H,1-5H3/t6-,9-/m0/s1. The molecule has 0 aromatic rings. The fourth-order valence-electron chi connectivity index (χ4n) is 0.751. The van der Waals surface area contributed by atoms with Gasteiger partial charge in [0.25, 0.3) is 0 Å². The van der Waals surface area contributed by atoms with E-state index in [1.165, 1.54) is 14.0 Å². The van der Waals surface area contributed by atoms with Crippen LogP contribution in [0.25, 0.3) is 0 Å². The largest absolute Gasteiger partial charge is 0.467 e. The van der Waals surface area contributed by atoms with Gasteiger partial charge in [0, 0.05) is 0 Å². The zero-order chi connectivity index (χ0) is 10.9. The second kappa shape index (κ2) is 3.64. The van der Waals surface area contributed by atoms with Crippen LogP contribution in [0, 0.1) is 5.41 Å². The lowest BCUT2D eigenvalue weighted by atomic mass is 9.74. The van der Waals surface area contributed by atoms with Crippen LogP contribution in [-0.4, -0.2) is 35.0 Å². The van der Waals surface area contributed by atoms with Crippen LogP contribution < -0.4 is 0 Å². The van der Waals surface area contributed by atoms with Gasteiger partial charge in [-0.1, -0.05) is 20.8 Å². The quantitative estimate of drug-likeness (QED) is 0.615. The molecule has 0 bridgehead atoms. The van der Waals surface area contributed by atoms with Gasteiger partial charge >= 0.3 is 5.97 Å². The van der Waals surface area contributed by atoms with Gasteiger partial charge in [-0.25, -0.2) is 4.79 Å². The maximum atomic E-state index is 11.0. The van der Waals surface area contributed by atoms with E-state index in [1.54, 1.807) is 20.8 Å². The topological polar surface area (TPSA) is 66.8 Å². The molecule has 0 aliphatic rings. The first kappa shape index (κ1) is 12.4. The molecule has 13 heavy (non-hydrogen) atoms. The normalized spacial score (nSPS) is 19.0. The highest BCUT2D eigenvalue weighted by Crippen LogP contribution is 2.33. The Labute approximate surface area is 78.5 Å². The molecule has 0 saturated heterocycles. The molecule has 0 aliphatic carbocycles. The molecule has 0 saturated carbocycles. The number of carbonyl (C=O) groups is 1. The fourth-order valence-corrected chi connectivity index (χ4v) is 0.751. The average molecular weight is 190 g/mol. The zero-order valence-corrected chi connectivity index (χ0v) is 8.79. The molecule has 0 amide bonds. The second-order valence-electron chi connectivity index (χ2n) is 4.32. The second-order valence-corrected chi connectivity index (χ2v) is 4.32. The molecule has 2 atom stereocenters. The molecule has 4 heteroatoms. The fraction of sp³-hybridized carbons (Fsp3) is 0.889. The third-order valence-corrected chi connectivity index (χ3v) is 2.48. The summed E-state index contributed by atoms with van der Waals surface area (Å²) in [6.45, 7) is 6.62. The zero-order valence-electron chi connectivity index (χ0n) is 8.79. The van der Waals surface area contributed by atoms with Crippen LogP contribution in [0.5, 0.6) is 0 Å². The van der Waals surface area contributed by atoms with Gasteiger partial charge in [0.1, 0.15) is 5.60 Å². The lowest BCUT2D eigenvalue weighted by Crippen LogP contribution is -2.53. The summed E-state index contributed by atoms with van der Waals surface area (Å²) >= 11 is 0. The van der Waals surface area contributed by atoms with E-state index in [2.05, 4.69) is 4.74 Å². The molecule has 0 radical (unpaired) electrons. The van der Waals surface area contributed by atoms with Crippen LogP contribution in [0.3, 0.4) is 0 Å². The van der Waals surface area contributed by atoms with Crippen molar-refractivity contribution < 1.29 is 19.7 Å². The minimum atomic E-state index is -1.52. The van der Waals surface area contributed by atoms with E-state index in [1.807, 2.05) is 0 Å². The molecule has 0 aromatic heterocycles. The first-order valence-corrected chi connectivity index (χ1v) is 4.13. The summed E-state index contributed by atoms with van der Waals surface area (Å²) < 4.78 is 4.34. The number of methoxy groups -OCH3 is 1. The maximum Gasteiger partial charge on any atom is 0.337 e. The highest BCUT2D eigenvalue weighted by molar-refractivity contribution is 5.75. The van der Waals surface area contributed by atoms with E-state index in [0.717, 1.165) is 0 Å². The Morgan fingerprint density at radius 1 is 1.31 bits per heavy atom. The van der Waals surface area contributed by atoms with Gasteiger partial charge in [-0.3, -0.25) is 0 Å². The van der Waals surface area contributed by atoms with Crippen molar-refractivity contribution in [2.45, 2.75) is 39.4 Å². The molecular formula is C9H18O4. The summed E-state index contributed by atoms with van der Waals surface area (Å²) in [6, 6.07) is 0. The van der Waals surface area contributed by atoms with Gasteiger partial charge in [0.2, 0.25) is 0 Å². The average Bonchev–Trinajstić information content (AvgIpc) is 1.99. The Morgan fingerprint density at radius 2 is 1.69 bits per heavy atom. The van der Waals surface area contributed by atoms with Crippen molar-refractivity contribution in [1.29, 1.82) is 0 Å². The summed E-state index contributed by atoms with van der Waals surface area (Å²) in [5.41, 5.74) is -2.10. The predicted octanol–water partition coefficient (Wildman–Crippen LogP) is 0.317. The number of hydrogen-bond acceptors (Lipinski definition) is 4. The molecule has 0 aromatic carbocycles. The number of ether oxygens (including phenoxy) is 1. The van der Waals surface area contributed by atoms with E-state index in [4.69, 9.17) is 0 Å². The van der Waals surface area contributed by atoms with Crippen LogP contribution in [-0.2, 0) is 9.53 Å². The Morgan fingerprint density at radius 3 is 1.92 bits per heavy atom. The van der Waals surface area contributed by atoms with E-state index in [0.29, 0.717) is 0 Å². The van der Waals surface area contributed by atoms with Gasteiger partial charge in [0.15, 0.2) is 6.10 Å². The highest BCUT2D eigenvalue weighted by atomic mass is 16.5. The summed E-state index contributed by atoms with van der Waals surface area (Å²) in [7, 11) is 1.17. The van der Waals surface area contributed by atoms with Crippen molar-refractivity contribution >= 4 is 5.97 Å². The number of hydrogen-bond donors (Lipinski definition) is 2. The van der Waals surface area contributed by atoms with Crippen LogP contribution in [0.15, 0.2) is 0 Å². The Kier molecular flexibility index (Phi) is 3.47. The number of aliphatic hydroxyl groups is 2. The van der Waals surface area contributed by atoms with Crippen LogP contribution in [0.4, 0.5) is 0 Å². The van der Waals surface area contributed by atoms with E-state index in [-0.39, 0.29) is 0 Å². The number of aliphatic hydroxyl groups excluding tert-OH is 1. The molecule has 0 spiro atoms. The molecular weight excluding hydrogens is 172 g/mol. The summed E-state index contributed by atoms with van der Waals surface area (Å²) in [6.07, 6.45) is -1.52. The van der Waals surface area contributed by atoms with Crippen molar-refractivity contribution in [1.82, 2.24) is 0 Å². The van der Waals surface area contributed by atoms with Gasteiger partial charge in [0.05, 0.1) is 7.11 Å². The monoisotopic (exact) mass is 190 g/mol. The summed E-state index contributed by atoms with van der Waals surface area (Å²) in [5.74, 6) is -0.820. The lowest BCUT2D eigenvalue weighted by molar-refractivity contribution is -0.178. The number of carbonyl (C=O) groups excluding carboxylic acids is 1. The maximum absolute atomic E-state index is 11.0. The number of esters is 1. The molecule has 4 nitrogen and oxygen atoms in total. The third kappa shape index (κ3) is 2.42. The smallest absolute Gasteiger partial charge is 0.337 e. The van der Waals surface area contributed by atoms with E-state index in [9.17, 15) is 15.0 Å². The highest BCUT2D eigenvalue weighted by Gasteiger charge is 2.45. The minimum Gasteiger partial charge on any atom is -0.467 e. The van der Waals surface area contributed by atoms with Crippen molar-refractivity contribution in [3.63, 3.8) is 0 Å². The van der Waals surface area contributed by atoms with Gasteiger partial charge < -0.3 is 14.9 Å². The van der Waals surface area contributed by atoms with Crippen molar-refractivity contribution in [3.05, 3.63) is 0 Å². The predicted molar refractivity (Wildman–Crippen MR) is 48.1 cm³/mol. The first-order chi connectivity index (χ1) is 5.64. The van der Waals surface area contributed by atoms with Gasteiger partial charge in [-0.15, -0.1) is 0 Å². The number of rotatable bonds is 2. The van der Waals surface area contributed by atoms with Crippen LogP contribution >= 0.6 is 0 Å². The molecule has 0 heterocycles. The minimum absolute atomic E-state index is 0.597. The molecule has 0 aliphatic heterocycles. The van der Waals surface area contributed by atoms with Crippen molar-refractivity contribution in [2.75, 3.05) is 7.11 Å². The lowest BCUT2D eigenvalue weighted by Gasteiger charge is -2.39. The Balaban J connectivity index is 4.74. The molecule has 0 fully saturated rings. The molecule has 0 unspecified atom stereocenters. The van der Waals surface area contributed by atoms with E-state index >= 15 is 0 Å².